The Morgan fingerprint density at radius 3 is 2.72 bits per heavy atom. The van der Waals surface area contributed by atoms with E-state index in [1.54, 1.807) is 34.4 Å². The van der Waals surface area contributed by atoms with Crippen LogP contribution >= 0.6 is 34.4 Å². The van der Waals surface area contributed by atoms with E-state index < -0.39 is 0 Å². The van der Waals surface area contributed by atoms with Crippen molar-refractivity contribution in [2.24, 2.45) is 0 Å². The second-order valence-corrected chi connectivity index (χ2v) is 8.90. The standard InChI is InChI=1S/C18H21N3OS3/c1-13-5-3-6-14(2)16(13)22-10-12-24-18-21-20-17(25-18)19-9-8-15-7-4-11-23-15/h3-7,11H,8-10,12H2,1-2H3,(H,19,20). The molecule has 132 valence electrons. The molecule has 0 bridgehead atoms. The molecule has 2 aromatic heterocycles. The van der Waals surface area contributed by atoms with Crippen molar-refractivity contribution in [3.63, 3.8) is 0 Å². The molecule has 1 aromatic carbocycles. The van der Waals surface area contributed by atoms with Crippen LogP contribution in [0.5, 0.6) is 5.75 Å². The number of thiophene rings is 1. The Balaban J connectivity index is 1.38. The monoisotopic (exact) mass is 391 g/mol. The highest BCUT2D eigenvalue weighted by Gasteiger charge is 2.06. The third kappa shape index (κ3) is 5.45. The van der Waals surface area contributed by atoms with Crippen molar-refractivity contribution in [1.29, 1.82) is 0 Å². The molecular formula is C18H21N3OS3. The summed E-state index contributed by atoms with van der Waals surface area (Å²) in [6, 6.07) is 10.5. The molecule has 2 heterocycles. The highest BCUT2D eigenvalue weighted by atomic mass is 32.2. The molecule has 0 aliphatic heterocycles. The molecule has 25 heavy (non-hydrogen) atoms. The lowest BCUT2D eigenvalue weighted by molar-refractivity contribution is 0.339. The zero-order valence-corrected chi connectivity index (χ0v) is 16.8. The van der Waals surface area contributed by atoms with Crippen LogP contribution in [0.2, 0.25) is 0 Å². The summed E-state index contributed by atoms with van der Waals surface area (Å²) < 4.78 is 6.90. The van der Waals surface area contributed by atoms with E-state index in [4.69, 9.17) is 4.74 Å². The van der Waals surface area contributed by atoms with Crippen LogP contribution in [0.25, 0.3) is 0 Å². The molecule has 0 aliphatic rings. The fraction of sp³-hybridized carbons (Fsp3) is 0.333. The van der Waals surface area contributed by atoms with Gasteiger partial charge in [-0.15, -0.1) is 21.5 Å². The number of para-hydroxylation sites is 1. The van der Waals surface area contributed by atoms with Gasteiger partial charge in [-0.1, -0.05) is 47.4 Å². The van der Waals surface area contributed by atoms with Crippen LogP contribution in [0.3, 0.4) is 0 Å². The molecule has 0 unspecified atom stereocenters. The molecule has 3 rings (SSSR count). The SMILES string of the molecule is Cc1cccc(C)c1OCCSc1nnc(NCCc2cccs2)s1. The highest BCUT2D eigenvalue weighted by Crippen LogP contribution is 2.26. The number of anilines is 1. The summed E-state index contributed by atoms with van der Waals surface area (Å²) in [5, 5.41) is 14.8. The predicted octanol–water partition coefficient (Wildman–Crippen LogP) is 5.04. The van der Waals surface area contributed by atoms with Crippen molar-refractivity contribution in [1.82, 2.24) is 10.2 Å². The van der Waals surface area contributed by atoms with Gasteiger partial charge in [0.05, 0.1) is 6.61 Å². The van der Waals surface area contributed by atoms with E-state index in [1.165, 1.54) is 16.0 Å². The first-order chi connectivity index (χ1) is 12.2. The van der Waals surface area contributed by atoms with E-state index in [0.29, 0.717) is 6.61 Å². The number of nitrogens with zero attached hydrogens (tertiary/aromatic N) is 2. The maximum absolute atomic E-state index is 5.92. The molecule has 0 amide bonds. The van der Waals surface area contributed by atoms with Gasteiger partial charge in [0.2, 0.25) is 5.13 Å². The molecule has 0 radical (unpaired) electrons. The van der Waals surface area contributed by atoms with Gasteiger partial charge in [-0.3, -0.25) is 0 Å². The molecule has 0 spiro atoms. The summed E-state index contributed by atoms with van der Waals surface area (Å²) in [7, 11) is 0. The van der Waals surface area contributed by atoms with Crippen LogP contribution < -0.4 is 10.1 Å². The van der Waals surface area contributed by atoms with E-state index in [2.05, 4.69) is 65.1 Å². The van der Waals surface area contributed by atoms with Crippen molar-refractivity contribution >= 4 is 39.6 Å². The Labute approximate surface area is 160 Å². The number of aryl methyl sites for hydroxylation is 2. The molecule has 1 N–H and O–H groups in total. The highest BCUT2D eigenvalue weighted by molar-refractivity contribution is 8.01. The lowest BCUT2D eigenvalue weighted by Gasteiger charge is -2.11. The second-order valence-electron chi connectivity index (χ2n) is 5.55. The third-order valence-corrected chi connectivity index (χ3v) is 6.51. The summed E-state index contributed by atoms with van der Waals surface area (Å²) in [6.07, 6.45) is 1.02. The summed E-state index contributed by atoms with van der Waals surface area (Å²) in [5.41, 5.74) is 2.36. The van der Waals surface area contributed by atoms with Crippen LogP contribution in [0.1, 0.15) is 16.0 Å². The van der Waals surface area contributed by atoms with E-state index in [-0.39, 0.29) is 0 Å². The molecule has 0 aliphatic carbocycles. The average molecular weight is 392 g/mol. The zero-order chi connectivity index (χ0) is 17.5. The number of hydrogen-bond acceptors (Lipinski definition) is 7. The van der Waals surface area contributed by atoms with Crippen LogP contribution in [-0.2, 0) is 6.42 Å². The Hall–Kier alpha value is -1.57. The number of ether oxygens (including phenoxy) is 1. The third-order valence-electron chi connectivity index (χ3n) is 3.60. The number of rotatable bonds is 9. The molecule has 4 nitrogen and oxygen atoms in total. The first-order valence-corrected chi connectivity index (χ1v) is 10.8. The molecule has 3 aromatic rings. The Kier molecular flexibility index (Phi) is 6.72. The van der Waals surface area contributed by atoms with E-state index in [0.717, 1.165) is 33.9 Å². The molecule has 0 fully saturated rings. The smallest absolute Gasteiger partial charge is 0.206 e. The van der Waals surface area contributed by atoms with Gasteiger partial charge in [0.15, 0.2) is 4.34 Å². The predicted molar refractivity (Wildman–Crippen MR) is 109 cm³/mol. The first kappa shape index (κ1) is 18.2. The van der Waals surface area contributed by atoms with Crippen molar-refractivity contribution in [2.45, 2.75) is 24.6 Å². The van der Waals surface area contributed by atoms with E-state index in [9.17, 15) is 0 Å². The maximum Gasteiger partial charge on any atom is 0.206 e. The van der Waals surface area contributed by atoms with E-state index in [1.807, 2.05) is 0 Å². The van der Waals surface area contributed by atoms with Crippen LogP contribution in [0, 0.1) is 13.8 Å². The van der Waals surface area contributed by atoms with Crippen molar-refractivity contribution < 1.29 is 4.74 Å². The van der Waals surface area contributed by atoms with Crippen LogP contribution in [-0.4, -0.2) is 29.1 Å². The average Bonchev–Trinajstić information content (AvgIpc) is 3.26. The van der Waals surface area contributed by atoms with Gasteiger partial charge < -0.3 is 10.1 Å². The van der Waals surface area contributed by atoms with Crippen molar-refractivity contribution in [3.05, 3.63) is 51.7 Å². The Morgan fingerprint density at radius 2 is 1.96 bits per heavy atom. The van der Waals surface area contributed by atoms with Gasteiger partial charge in [0, 0.05) is 17.2 Å². The van der Waals surface area contributed by atoms with Crippen LogP contribution in [0.4, 0.5) is 5.13 Å². The van der Waals surface area contributed by atoms with E-state index >= 15 is 0 Å². The molecule has 0 saturated heterocycles. The lowest BCUT2D eigenvalue weighted by Crippen LogP contribution is -2.03. The first-order valence-electron chi connectivity index (χ1n) is 8.14. The summed E-state index contributed by atoms with van der Waals surface area (Å²) in [4.78, 5) is 1.38. The Bertz CT molecular complexity index is 766. The minimum atomic E-state index is 0.664. The summed E-state index contributed by atoms with van der Waals surface area (Å²) in [5.74, 6) is 1.86. The van der Waals surface area contributed by atoms with Crippen molar-refractivity contribution in [2.75, 3.05) is 24.2 Å². The number of benzene rings is 1. The topological polar surface area (TPSA) is 47.0 Å². The largest absolute Gasteiger partial charge is 0.492 e. The van der Waals surface area contributed by atoms with Gasteiger partial charge in [-0.05, 0) is 42.8 Å². The fourth-order valence-corrected chi connectivity index (χ4v) is 4.76. The quantitative estimate of drug-likeness (QED) is 0.409. The number of thioether (sulfide) groups is 1. The lowest BCUT2D eigenvalue weighted by atomic mass is 10.1. The van der Waals surface area contributed by atoms with Gasteiger partial charge in [-0.2, -0.15) is 0 Å². The minimum Gasteiger partial charge on any atom is -0.492 e. The zero-order valence-electron chi connectivity index (χ0n) is 14.3. The normalized spacial score (nSPS) is 10.8. The summed E-state index contributed by atoms with van der Waals surface area (Å²) >= 11 is 5.07. The second kappa shape index (κ2) is 9.22. The number of hydrogen-bond donors (Lipinski definition) is 1. The number of nitrogens with one attached hydrogen (secondary N) is 1. The van der Waals surface area contributed by atoms with Gasteiger partial charge >= 0.3 is 0 Å². The minimum absolute atomic E-state index is 0.664. The maximum atomic E-state index is 5.92. The summed E-state index contributed by atoms with van der Waals surface area (Å²) in [6.45, 7) is 5.70. The molecule has 0 atom stereocenters. The Morgan fingerprint density at radius 1 is 1.12 bits per heavy atom. The van der Waals surface area contributed by atoms with Crippen LogP contribution in [0.15, 0.2) is 40.1 Å². The van der Waals surface area contributed by atoms with Gasteiger partial charge in [-0.25, -0.2) is 0 Å². The number of aromatic nitrogens is 2. The fourth-order valence-electron chi connectivity index (χ4n) is 2.39. The van der Waals surface area contributed by atoms with Gasteiger partial charge in [0.1, 0.15) is 5.75 Å². The molecule has 7 heteroatoms. The molecular weight excluding hydrogens is 370 g/mol. The van der Waals surface area contributed by atoms with Crippen molar-refractivity contribution in [3.8, 4) is 5.75 Å². The van der Waals surface area contributed by atoms with Gasteiger partial charge in [0.25, 0.3) is 0 Å². The molecule has 0 saturated carbocycles.